The van der Waals surface area contributed by atoms with Gasteiger partial charge in [-0.15, -0.1) is 0 Å². The molecule has 0 saturated heterocycles. The smallest absolute Gasteiger partial charge is 0.222 e. The summed E-state index contributed by atoms with van der Waals surface area (Å²) in [6.07, 6.45) is 9.18. The molecule has 18 heavy (non-hydrogen) atoms. The lowest BCUT2D eigenvalue weighted by Gasteiger charge is -2.23. The Morgan fingerprint density at radius 3 is 2.17 bits per heavy atom. The third-order valence-corrected chi connectivity index (χ3v) is 3.72. The molecule has 0 fully saturated rings. The summed E-state index contributed by atoms with van der Waals surface area (Å²) in [6, 6.07) is -0.142. The first-order chi connectivity index (χ1) is 8.50. The van der Waals surface area contributed by atoms with Crippen LogP contribution in [0.3, 0.4) is 0 Å². The largest absolute Gasteiger partial charge is 0.392 e. The zero-order chi connectivity index (χ0) is 14.0. The fraction of sp³-hybridized carbons (Fsp3) is 0.857. The minimum absolute atomic E-state index is 0.142. The number of thiocarbonyl (C=S) groups is 1. The van der Waals surface area contributed by atoms with Crippen LogP contribution in [0.2, 0.25) is 0 Å². The molecular weight excluding hydrogens is 244 g/mol. The van der Waals surface area contributed by atoms with E-state index >= 15 is 0 Å². The van der Waals surface area contributed by atoms with Gasteiger partial charge in [0, 0.05) is 13.5 Å². The van der Waals surface area contributed by atoms with Gasteiger partial charge in [-0.1, -0.05) is 57.7 Å². The Balaban J connectivity index is 3.61. The van der Waals surface area contributed by atoms with Gasteiger partial charge in [-0.05, 0) is 13.3 Å². The normalized spacial score (nSPS) is 12.2. The van der Waals surface area contributed by atoms with E-state index < -0.39 is 0 Å². The van der Waals surface area contributed by atoms with Crippen LogP contribution in [0.15, 0.2) is 0 Å². The first-order valence-corrected chi connectivity index (χ1v) is 7.46. The molecule has 1 amide bonds. The van der Waals surface area contributed by atoms with Crippen LogP contribution >= 0.6 is 12.2 Å². The molecule has 3 nitrogen and oxygen atoms in total. The number of hydrogen-bond donors (Lipinski definition) is 1. The highest BCUT2D eigenvalue weighted by Crippen LogP contribution is 2.10. The first-order valence-electron chi connectivity index (χ1n) is 7.05. The van der Waals surface area contributed by atoms with Crippen LogP contribution in [0.4, 0.5) is 0 Å². The van der Waals surface area contributed by atoms with Crippen molar-refractivity contribution in [3.05, 3.63) is 0 Å². The van der Waals surface area contributed by atoms with Crippen molar-refractivity contribution >= 4 is 23.1 Å². The summed E-state index contributed by atoms with van der Waals surface area (Å²) in [5, 5.41) is 0. The number of hydrogen-bond acceptors (Lipinski definition) is 2. The van der Waals surface area contributed by atoms with E-state index in [9.17, 15) is 4.79 Å². The molecule has 0 aromatic heterocycles. The van der Waals surface area contributed by atoms with E-state index in [-0.39, 0.29) is 11.9 Å². The molecule has 0 heterocycles. The van der Waals surface area contributed by atoms with Crippen molar-refractivity contribution in [3.8, 4) is 0 Å². The third-order valence-electron chi connectivity index (χ3n) is 3.38. The van der Waals surface area contributed by atoms with Gasteiger partial charge in [-0.3, -0.25) is 4.79 Å². The fourth-order valence-corrected chi connectivity index (χ4v) is 1.97. The number of carbonyl (C=O) groups is 1. The van der Waals surface area contributed by atoms with Crippen molar-refractivity contribution in [2.75, 3.05) is 7.05 Å². The molecule has 0 bridgehead atoms. The summed E-state index contributed by atoms with van der Waals surface area (Å²) >= 11 is 4.89. The topological polar surface area (TPSA) is 46.3 Å². The molecule has 0 rings (SSSR count). The molecule has 0 aromatic rings. The maximum atomic E-state index is 11.8. The quantitative estimate of drug-likeness (QED) is 0.490. The van der Waals surface area contributed by atoms with Gasteiger partial charge in [0.05, 0.1) is 11.0 Å². The van der Waals surface area contributed by atoms with Gasteiger partial charge >= 0.3 is 0 Å². The monoisotopic (exact) mass is 272 g/mol. The minimum Gasteiger partial charge on any atom is -0.392 e. The Kier molecular flexibility index (Phi) is 9.93. The molecule has 0 aliphatic rings. The Morgan fingerprint density at radius 1 is 1.17 bits per heavy atom. The van der Waals surface area contributed by atoms with Gasteiger partial charge in [0.1, 0.15) is 0 Å². The first kappa shape index (κ1) is 17.4. The van der Waals surface area contributed by atoms with E-state index in [2.05, 4.69) is 6.92 Å². The van der Waals surface area contributed by atoms with E-state index in [1.165, 1.54) is 32.1 Å². The number of nitrogens with zero attached hydrogens (tertiary/aromatic N) is 1. The maximum absolute atomic E-state index is 11.8. The van der Waals surface area contributed by atoms with E-state index in [1.54, 1.807) is 11.9 Å². The van der Waals surface area contributed by atoms with Crippen LogP contribution in [0, 0.1) is 0 Å². The summed E-state index contributed by atoms with van der Waals surface area (Å²) in [7, 11) is 1.77. The zero-order valence-corrected chi connectivity index (χ0v) is 12.9. The molecule has 1 atom stereocenters. The van der Waals surface area contributed by atoms with Crippen molar-refractivity contribution in [2.24, 2.45) is 5.73 Å². The number of likely N-dealkylation sites (N-methyl/N-ethyl adjacent to an activating group) is 1. The Hall–Kier alpha value is -0.640. The summed E-state index contributed by atoms with van der Waals surface area (Å²) in [4.78, 5) is 13.9. The molecular formula is C14H28N2OS. The van der Waals surface area contributed by atoms with E-state index in [1.807, 2.05) is 6.92 Å². The molecule has 0 aliphatic carbocycles. The molecule has 0 aromatic carbocycles. The summed E-state index contributed by atoms with van der Waals surface area (Å²) in [6.45, 7) is 4.09. The minimum atomic E-state index is -0.142. The highest BCUT2D eigenvalue weighted by Gasteiger charge is 2.16. The highest BCUT2D eigenvalue weighted by atomic mass is 32.1. The van der Waals surface area contributed by atoms with Crippen molar-refractivity contribution in [2.45, 2.75) is 71.3 Å². The van der Waals surface area contributed by atoms with Crippen molar-refractivity contribution < 1.29 is 4.79 Å². The van der Waals surface area contributed by atoms with Crippen LogP contribution in [-0.4, -0.2) is 28.9 Å². The number of nitrogens with two attached hydrogens (primary N) is 1. The van der Waals surface area contributed by atoms with Crippen LogP contribution < -0.4 is 5.73 Å². The third kappa shape index (κ3) is 7.64. The van der Waals surface area contributed by atoms with E-state index in [4.69, 9.17) is 18.0 Å². The fourth-order valence-electron chi connectivity index (χ4n) is 1.82. The lowest BCUT2D eigenvalue weighted by molar-refractivity contribution is -0.130. The number of amides is 1. The molecule has 4 heteroatoms. The SMILES string of the molecule is CCCCCCCCCC(=O)N(C)C(C)C(N)=S. The van der Waals surface area contributed by atoms with Gasteiger partial charge in [-0.2, -0.15) is 0 Å². The predicted molar refractivity (Wildman–Crippen MR) is 81.6 cm³/mol. The molecule has 0 saturated carbocycles. The zero-order valence-electron chi connectivity index (χ0n) is 12.1. The lowest BCUT2D eigenvalue weighted by atomic mass is 10.1. The van der Waals surface area contributed by atoms with E-state index in [0.29, 0.717) is 11.4 Å². The molecule has 2 N–H and O–H groups in total. The van der Waals surface area contributed by atoms with Gasteiger partial charge in [-0.25, -0.2) is 0 Å². The van der Waals surface area contributed by atoms with Gasteiger partial charge < -0.3 is 10.6 Å². The predicted octanol–water partition coefficient (Wildman–Crippen LogP) is 3.26. The average Bonchev–Trinajstić information content (AvgIpc) is 2.35. The highest BCUT2D eigenvalue weighted by molar-refractivity contribution is 7.80. The van der Waals surface area contributed by atoms with Crippen LogP contribution in [0.25, 0.3) is 0 Å². The molecule has 0 aliphatic heterocycles. The molecule has 0 radical (unpaired) electrons. The second-order valence-electron chi connectivity index (χ2n) is 4.95. The second kappa shape index (κ2) is 10.3. The summed E-state index contributed by atoms with van der Waals surface area (Å²) < 4.78 is 0. The second-order valence-corrected chi connectivity index (χ2v) is 5.43. The molecule has 0 spiro atoms. The van der Waals surface area contributed by atoms with Crippen molar-refractivity contribution in [1.82, 2.24) is 4.90 Å². The number of carbonyl (C=O) groups excluding carboxylic acids is 1. The van der Waals surface area contributed by atoms with Gasteiger partial charge in [0.15, 0.2) is 0 Å². The maximum Gasteiger partial charge on any atom is 0.222 e. The van der Waals surface area contributed by atoms with Gasteiger partial charge in [0.2, 0.25) is 5.91 Å². The number of rotatable bonds is 10. The Morgan fingerprint density at radius 2 is 1.67 bits per heavy atom. The van der Waals surface area contributed by atoms with Crippen LogP contribution in [-0.2, 0) is 4.79 Å². The van der Waals surface area contributed by atoms with Crippen molar-refractivity contribution in [3.63, 3.8) is 0 Å². The molecule has 1 unspecified atom stereocenters. The van der Waals surface area contributed by atoms with Crippen molar-refractivity contribution in [1.29, 1.82) is 0 Å². The Labute approximate surface area is 117 Å². The Bertz CT molecular complexity index is 256. The molecule has 106 valence electrons. The number of unbranched alkanes of at least 4 members (excludes halogenated alkanes) is 6. The van der Waals surface area contributed by atoms with Crippen LogP contribution in [0.5, 0.6) is 0 Å². The summed E-state index contributed by atoms with van der Waals surface area (Å²) in [5.41, 5.74) is 5.54. The standard InChI is InChI=1S/C14H28N2OS/c1-4-5-6-7-8-9-10-11-13(17)16(3)12(2)14(15)18/h12H,4-11H2,1-3H3,(H2,15,18). The lowest BCUT2D eigenvalue weighted by Crippen LogP contribution is -2.42. The van der Waals surface area contributed by atoms with E-state index in [0.717, 1.165) is 12.8 Å². The van der Waals surface area contributed by atoms with Gasteiger partial charge in [0.25, 0.3) is 0 Å². The average molecular weight is 272 g/mol. The summed E-state index contributed by atoms with van der Waals surface area (Å²) in [5.74, 6) is 0.142. The van der Waals surface area contributed by atoms with Crippen LogP contribution in [0.1, 0.15) is 65.2 Å².